The van der Waals surface area contributed by atoms with Gasteiger partial charge in [-0.25, -0.2) is 9.59 Å². The summed E-state index contributed by atoms with van der Waals surface area (Å²) >= 11 is 0. The third-order valence-electron chi connectivity index (χ3n) is 5.96. The van der Waals surface area contributed by atoms with Crippen molar-refractivity contribution in [1.29, 1.82) is 0 Å². The molecule has 164 valence electrons. The van der Waals surface area contributed by atoms with Crippen molar-refractivity contribution in [1.82, 2.24) is 15.5 Å². The Bertz CT molecular complexity index is 746. The number of nitrogens with zero attached hydrogens (tertiary/aromatic N) is 2. The summed E-state index contributed by atoms with van der Waals surface area (Å²) in [5.41, 5.74) is 1.56. The van der Waals surface area contributed by atoms with Crippen molar-refractivity contribution < 1.29 is 19.1 Å². The zero-order valence-electron chi connectivity index (χ0n) is 17.9. The monoisotopic (exact) mass is 416 g/mol. The molecule has 0 bridgehead atoms. The number of carbonyl (C=O) groups is 3. The number of rotatable bonds is 5. The molecule has 3 rings (SSSR count). The van der Waals surface area contributed by atoms with Gasteiger partial charge in [0, 0.05) is 37.4 Å². The summed E-state index contributed by atoms with van der Waals surface area (Å²) in [6, 6.07) is 7.30. The molecule has 2 N–H and O–H groups in total. The van der Waals surface area contributed by atoms with Crippen molar-refractivity contribution in [3.05, 3.63) is 29.8 Å². The Morgan fingerprint density at radius 1 is 1.07 bits per heavy atom. The normalized spacial score (nSPS) is 20.5. The first-order chi connectivity index (χ1) is 14.5. The van der Waals surface area contributed by atoms with Crippen molar-refractivity contribution >= 4 is 23.6 Å². The molecule has 3 amide bonds. The van der Waals surface area contributed by atoms with Gasteiger partial charge in [-0.15, -0.1) is 0 Å². The number of piperazine rings is 1. The van der Waals surface area contributed by atoms with Crippen LogP contribution in [0.5, 0.6) is 0 Å². The van der Waals surface area contributed by atoms with E-state index >= 15 is 0 Å². The summed E-state index contributed by atoms with van der Waals surface area (Å²) < 4.78 is 4.73. The smallest absolute Gasteiger partial charge is 0.337 e. The van der Waals surface area contributed by atoms with Gasteiger partial charge in [-0.05, 0) is 44.0 Å². The number of esters is 1. The van der Waals surface area contributed by atoms with Crippen LogP contribution >= 0.6 is 0 Å². The van der Waals surface area contributed by atoms with Crippen LogP contribution in [0.2, 0.25) is 0 Å². The first-order valence-corrected chi connectivity index (χ1v) is 10.7. The highest BCUT2D eigenvalue weighted by Crippen LogP contribution is 2.20. The summed E-state index contributed by atoms with van der Waals surface area (Å²) in [5.74, 6) is -0.621. The maximum Gasteiger partial charge on any atom is 0.337 e. The number of imide groups is 1. The van der Waals surface area contributed by atoms with E-state index in [1.54, 1.807) is 12.1 Å². The largest absolute Gasteiger partial charge is 0.465 e. The number of amides is 3. The third-order valence-corrected chi connectivity index (χ3v) is 5.96. The molecule has 1 saturated heterocycles. The van der Waals surface area contributed by atoms with Gasteiger partial charge < -0.3 is 15.0 Å². The second-order valence-electron chi connectivity index (χ2n) is 8.16. The van der Waals surface area contributed by atoms with E-state index < -0.39 is 0 Å². The Morgan fingerprint density at radius 2 is 1.77 bits per heavy atom. The number of hydrogen-bond donors (Lipinski definition) is 2. The molecule has 1 aliphatic heterocycles. The zero-order valence-corrected chi connectivity index (χ0v) is 17.9. The second-order valence-corrected chi connectivity index (χ2v) is 8.16. The van der Waals surface area contributed by atoms with E-state index in [9.17, 15) is 14.4 Å². The molecular formula is C22H32N4O4. The maximum atomic E-state index is 12.3. The molecule has 2 aliphatic rings. The number of urea groups is 1. The maximum absolute atomic E-state index is 12.3. The molecule has 8 nitrogen and oxygen atoms in total. The van der Waals surface area contributed by atoms with Crippen LogP contribution in [-0.2, 0) is 9.53 Å². The van der Waals surface area contributed by atoms with Gasteiger partial charge in [0.05, 0.1) is 19.2 Å². The molecule has 1 aromatic rings. The van der Waals surface area contributed by atoms with E-state index in [4.69, 9.17) is 4.74 Å². The van der Waals surface area contributed by atoms with E-state index in [0.29, 0.717) is 5.56 Å². The van der Waals surface area contributed by atoms with E-state index in [1.807, 2.05) is 12.1 Å². The minimum atomic E-state index is -0.385. The minimum Gasteiger partial charge on any atom is -0.465 e. The number of ether oxygens (including phenoxy) is 1. The van der Waals surface area contributed by atoms with Gasteiger partial charge in [0.2, 0.25) is 5.91 Å². The van der Waals surface area contributed by atoms with Gasteiger partial charge in [0.15, 0.2) is 0 Å². The molecule has 8 heteroatoms. The lowest BCUT2D eigenvalue weighted by Crippen LogP contribution is -2.55. The summed E-state index contributed by atoms with van der Waals surface area (Å²) in [7, 11) is 1.37. The Kier molecular flexibility index (Phi) is 7.68. The van der Waals surface area contributed by atoms with Gasteiger partial charge in [0.1, 0.15) is 0 Å². The van der Waals surface area contributed by atoms with Crippen LogP contribution in [-0.4, -0.2) is 68.2 Å². The third kappa shape index (κ3) is 5.95. The topological polar surface area (TPSA) is 91.0 Å². The van der Waals surface area contributed by atoms with Crippen LogP contribution in [0.25, 0.3) is 0 Å². The molecule has 0 aromatic heterocycles. The molecular weight excluding hydrogens is 384 g/mol. The number of benzene rings is 1. The summed E-state index contributed by atoms with van der Waals surface area (Å²) in [5, 5.41) is 5.39. The fourth-order valence-corrected chi connectivity index (χ4v) is 4.21. The highest BCUT2D eigenvalue weighted by Gasteiger charge is 2.26. The Labute approximate surface area is 177 Å². The molecule has 1 aliphatic carbocycles. The number of anilines is 1. The van der Waals surface area contributed by atoms with Crippen molar-refractivity contribution in [2.75, 3.05) is 38.2 Å². The average molecular weight is 417 g/mol. The molecule has 1 aromatic carbocycles. The van der Waals surface area contributed by atoms with Crippen molar-refractivity contribution in [2.45, 2.75) is 51.1 Å². The van der Waals surface area contributed by atoms with Crippen LogP contribution in [0.15, 0.2) is 24.3 Å². The molecule has 1 unspecified atom stereocenters. The van der Waals surface area contributed by atoms with Crippen molar-refractivity contribution in [3.63, 3.8) is 0 Å². The Morgan fingerprint density at radius 3 is 2.40 bits per heavy atom. The average Bonchev–Trinajstić information content (AvgIpc) is 2.75. The predicted molar refractivity (Wildman–Crippen MR) is 115 cm³/mol. The molecule has 1 atom stereocenters. The molecule has 2 fully saturated rings. The Balaban J connectivity index is 1.45. The molecule has 0 spiro atoms. The summed E-state index contributed by atoms with van der Waals surface area (Å²) in [6.45, 7) is 4.53. The minimum absolute atomic E-state index is 0.159. The zero-order chi connectivity index (χ0) is 21.5. The second kappa shape index (κ2) is 10.4. The fraction of sp³-hybridized carbons (Fsp3) is 0.591. The van der Waals surface area contributed by atoms with E-state index in [2.05, 4.69) is 27.4 Å². The molecule has 1 saturated carbocycles. The first kappa shape index (κ1) is 22.1. The molecule has 30 heavy (non-hydrogen) atoms. The van der Waals surface area contributed by atoms with Crippen LogP contribution in [0.1, 0.15) is 49.4 Å². The highest BCUT2D eigenvalue weighted by atomic mass is 16.5. The lowest BCUT2D eigenvalue weighted by atomic mass is 9.96. The van der Waals surface area contributed by atoms with Gasteiger partial charge in [0.25, 0.3) is 0 Å². The summed E-state index contributed by atoms with van der Waals surface area (Å²) in [6.07, 6.45) is 5.46. The van der Waals surface area contributed by atoms with Crippen molar-refractivity contribution in [2.24, 2.45) is 0 Å². The quantitative estimate of drug-likeness (QED) is 0.715. The van der Waals surface area contributed by atoms with E-state index in [1.165, 1.54) is 13.5 Å². The lowest BCUT2D eigenvalue weighted by Gasteiger charge is -2.40. The van der Waals surface area contributed by atoms with Gasteiger partial charge in [-0.1, -0.05) is 19.3 Å². The van der Waals surface area contributed by atoms with Gasteiger partial charge in [-0.2, -0.15) is 0 Å². The number of nitrogens with one attached hydrogen (secondary N) is 2. The number of methoxy groups -OCH3 is 1. The highest BCUT2D eigenvalue weighted by molar-refractivity contribution is 5.95. The lowest BCUT2D eigenvalue weighted by molar-refractivity contribution is -0.121. The van der Waals surface area contributed by atoms with Crippen LogP contribution in [0, 0.1) is 0 Å². The van der Waals surface area contributed by atoms with Gasteiger partial charge >= 0.3 is 12.0 Å². The number of carbonyl (C=O) groups excluding carboxylic acids is 3. The molecule has 1 heterocycles. The van der Waals surface area contributed by atoms with Crippen molar-refractivity contribution in [3.8, 4) is 0 Å². The predicted octanol–water partition coefficient (Wildman–Crippen LogP) is 2.14. The summed E-state index contributed by atoms with van der Waals surface area (Å²) in [4.78, 5) is 40.3. The first-order valence-electron chi connectivity index (χ1n) is 10.7. The standard InChI is InChI=1S/C22H32N4O4/c1-16-14-26(19-10-8-17(9-11-19)21(28)30-2)13-12-25(16)15-20(27)24-22(29)23-18-6-4-3-5-7-18/h8-11,16,18H,3-7,12-15H2,1-2H3,(H2,23,24,27,29). The van der Waals surface area contributed by atoms with Crippen LogP contribution in [0.4, 0.5) is 10.5 Å². The van der Waals surface area contributed by atoms with Gasteiger partial charge in [-0.3, -0.25) is 15.0 Å². The van der Waals surface area contributed by atoms with Crippen LogP contribution in [0.3, 0.4) is 0 Å². The Hall–Kier alpha value is -2.61. The number of hydrogen-bond acceptors (Lipinski definition) is 6. The van der Waals surface area contributed by atoms with Crippen LogP contribution < -0.4 is 15.5 Å². The fourth-order valence-electron chi connectivity index (χ4n) is 4.21. The van der Waals surface area contributed by atoms with E-state index in [0.717, 1.165) is 51.0 Å². The molecule has 0 radical (unpaired) electrons. The van der Waals surface area contributed by atoms with E-state index in [-0.39, 0.29) is 36.5 Å². The SMILES string of the molecule is COC(=O)c1ccc(N2CCN(CC(=O)NC(=O)NC3CCCCC3)C(C)C2)cc1.